The Morgan fingerprint density at radius 2 is 1.98 bits per heavy atom. The number of fused-ring (bicyclic) bond motifs is 1. The van der Waals surface area contributed by atoms with Crippen LogP contribution < -0.4 is 16.3 Å². The number of aromatic nitrogens is 4. The van der Waals surface area contributed by atoms with Gasteiger partial charge in [-0.25, -0.2) is 10.8 Å². The second-order valence-electron chi connectivity index (χ2n) is 10.5. The summed E-state index contributed by atoms with van der Waals surface area (Å²) in [6, 6.07) is 16.8. The maximum atomic E-state index is 12.7. The number of nitrogens with one attached hydrogen (secondary N) is 1. The van der Waals surface area contributed by atoms with Crippen molar-refractivity contribution in [1.29, 1.82) is 0 Å². The van der Waals surface area contributed by atoms with Gasteiger partial charge in [0.15, 0.2) is 5.60 Å². The molecule has 0 saturated heterocycles. The van der Waals surface area contributed by atoms with Gasteiger partial charge in [-0.15, -0.1) is 0 Å². The maximum absolute atomic E-state index is 12.7. The zero-order valence-electron chi connectivity index (χ0n) is 23.3. The summed E-state index contributed by atoms with van der Waals surface area (Å²) in [6.45, 7) is 4.11. The van der Waals surface area contributed by atoms with Crippen LogP contribution in [-0.2, 0) is 12.1 Å². The lowest BCUT2D eigenvalue weighted by Crippen LogP contribution is -2.38. The van der Waals surface area contributed by atoms with E-state index >= 15 is 0 Å². The second-order valence-corrected chi connectivity index (χ2v) is 10.5. The highest BCUT2D eigenvalue weighted by Crippen LogP contribution is 2.44. The van der Waals surface area contributed by atoms with Gasteiger partial charge in [-0.1, -0.05) is 23.4 Å². The predicted octanol–water partition coefficient (Wildman–Crippen LogP) is 4.53. The number of H-pyrrole nitrogens is 1. The molecule has 1 aliphatic rings. The number of aliphatic hydroxyl groups is 1. The standard InChI is InChI=1S/C31H33N7O3/c1-18-28(19(2)41-37-18)22-14-24(29-25(15-22)35-30(36-29)21-9-10-21)31(39,27-6-4-5-13-34-27)26(32)17-38(33)16-20-7-11-23(40-3)12-8-20/h4-8,11-15,17,21,39H,9-10,16,32-33H2,1-3H3,(H,35,36)/b26-17-. The van der Waals surface area contributed by atoms with Crippen LogP contribution in [0.25, 0.3) is 22.2 Å². The van der Waals surface area contributed by atoms with Crippen molar-refractivity contribution in [3.05, 3.63) is 107 Å². The molecule has 0 radical (unpaired) electrons. The number of aromatic amines is 1. The minimum Gasteiger partial charge on any atom is -0.497 e. The lowest BCUT2D eigenvalue weighted by atomic mass is 9.84. The van der Waals surface area contributed by atoms with E-state index in [1.165, 1.54) is 5.01 Å². The van der Waals surface area contributed by atoms with Gasteiger partial charge in [-0.2, -0.15) is 0 Å². The summed E-state index contributed by atoms with van der Waals surface area (Å²) in [6.07, 6.45) is 5.32. The fourth-order valence-corrected chi connectivity index (χ4v) is 5.28. The molecule has 3 aromatic heterocycles. The Balaban J connectivity index is 1.51. The molecular formula is C31H33N7O3. The van der Waals surface area contributed by atoms with Crippen LogP contribution >= 0.6 is 0 Å². The molecule has 1 saturated carbocycles. The molecule has 5 aromatic rings. The second kappa shape index (κ2) is 10.4. The molecule has 1 atom stereocenters. The largest absolute Gasteiger partial charge is 0.497 e. The van der Waals surface area contributed by atoms with Gasteiger partial charge < -0.3 is 30.1 Å². The van der Waals surface area contributed by atoms with Gasteiger partial charge in [0.2, 0.25) is 0 Å². The third kappa shape index (κ3) is 4.92. The fourth-order valence-electron chi connectivity index (χ4n) is 5.28. The summed E-state index contributed by atoms with van der Waals surface area (Å²) in [5.74, 6) is 9.10. The van der Waals surface area contributed by atoms with Crippen LogP contribution in [0.3, 0.4) is 0 Å². The Morgan fingerprint density at radius 3 is 2.61 bits per heavy atom. The van der Waals surface area contributed by atoms with Crippen molar-refractivity contribution in [2.75, 3.05) is 7.11 Å². The lowest BCUT2D eigenvalue weighted by Gasteiger charge is -2.30. The number of rotatable bonds is 9. The van der Waals surface area contributed by atoms with Gasteiger partial charge in [0, 0.05) is 29.4 Å². The molecule has 0 amide bonds. The Morgan fingerprint density at radius 1 is 1.20 bits per heavy atom. The minimum atomic E-state index is -1.86. The highest BCUT2D eigenvalue weighted by atomic mass is 16.5. The molecule has 0 aliphatic heterocycles. The minimum absolute atomic E-state index is 0.0976. The number of hydrogen-bond donors (Lipinski definition) is 4. The van der Waals surface area contributed by atoms with Gasteiger partial charge in [0.25, 0.3) is 0 Å². The van der Waals surface area contributed by atoms with Crippen LogP contribution in [0.4, 0.5) is 0 Å². The molecule has 10 heteroatoms. The molecule has 2 aromatic carbocycles. The lowest BCUT2D eigenvalue weighted by molar-refractivity contribution is 0.113. The highest BCUT2D eigenvalue weighted by molar-refractivity contribution is 5.88. The van der Waals surface area contributed by atoms with Gasteiger partial charge >= 0.3 is 0 Å². The molecule has 210 valence electrons. The van der Waals surface area contributed by atoms with Crippen molar-refractivity contribution in [2.45, 2.75) is 44.8 Å². The zero-order chi connectivity index (χ0) is 28.7. The number of nitrogens with zero attached hydrogens (tertiary/aromatic N) is 4. The quantitative estimate of drug-likeness (QED) is 0.153. The molecule has 6 N–H and O–H groups in total. The van der Waals surface area contributed by atoms with E-state index in [9.17, 15) is 5.11 Å². The van der Waals surface area contributed by atoms with Crippen LogP contribution in [-0.4, -0.2) is 37.3 Å². The number of pyridine rings is 1. The van der Waals surface area contributed by atoms with Crippen molar-refractivity contribution in [3.8, 4) is 16.9 Å². The Kier molecular flexibility index (Phi) is 6.72. The first kappa shape index (κ1) is 26.5. The Labute approximate surface area is 237 Å². The number of hydrogen-bond acceptors (Lipinski definition) is 9. The SMILES string of the molecule is COc1ccc(CN(N)/C=C(\N)C(O)(c2ccccn2)c2cc(-c3c(C)noc3C)cc3[nH]c(C4CC4)nc23)cc1. The average molecular weight is 552 g/mol. The number of imidazole rings is 1. The molecule has 1 unspecified atom stereocenters. The van der Waals surface area contributed by atoms with Gasteiger partial charge in [0.1, 0.15) is 17.3 Å². The van der Waals surface area contributed by atoms with Crippen LogP contribution in [0.2, 0.25) is 0 Å². The van der Waals surface area contributed by atoms with E-state index in [-0.39, 0.29) is 5.70 Å². The summed E-state index contributed by atoms with van der Waals surface area (Å²) < 4.78 is 10.7. The number of ether oxygens (including phenoxy) is 1. The summed E-state index contributed by atoms with van der Waals surface area (Å²) in [5, 5.41) is 18.3. The Bertz CT molecular complexity index is 1700. The fraction of sp³-hybridized carbons (Fsp3) is 0.258. The number of aryl methyl sites for hydroxylation is 2. The smallest absolute Gasteiger partial charge is 0.175 e. The van der Waals surface area contributed by atoms with Crippen LogP contribution in [0.5, 0.6) is 5.75 Å². The third-order valence-corrected chi connectivity index (χ3v) is 7.56. The van der Waals surface area contributed by atoms with E-state index in [4.69, 9.17) is 25.8 Å². The van der Waals surface area contributed by atoms with Crippen LogP contribution in [0.1, 0.15) is 52.9 Å². The van der Waals surface area contributed by atoms with Crippen LogP contribution in [0, 0.1) is 13.8 Å². The molecule has 3 heterocycles. The summed E-state index contributed by atoms with van der Waals surface area (Å²) in [5.41, 5.74) is 10.6. The van der Waals surface area contributed by atoms with Crippen molar-refractivity contribution < 1.29 is 14.4 Å². The first-order chi connectivity index (χ1) is 19.8. The van der Waals surface area contributed by atoms with Crippen molar-refractivity contribution in [2.24, 2.45) is 11.6 Å². The molecular weight excluding hydrogens is 518 g/mol. The monoisotopic (exact) mass is 551 g/mol. The van der Waals surface area contributed by atoms with Crippen molar-refractivity contribution in [1.82, 2.24) is 25.1 Å². The van der Waals surface area contributed by atoms with E-state index in [0.717, 1.165) is 52.3 Å². The maximum Gasteiger partial charge on any atom is 0.175 e. The van der Waals surface area contributed by atoms with E-state index < -0.39 is 5.60 Å². The topological polar surface area (TPSA) is 152 Å². The summed E-state index contributed by atoms with van der Waals surface area (Å²) in [7, 11) is 1.62. The Hall–Kier alpha value is -4.67. The third-order valence-electron chi connectivity index (χ3n) is 7.56. The van der Waals surface area contributed by atoms with E-state index in [0.29, 0.717) is 35.0 Å². The molecule has 1 fully saturated rings. The van der Waals surface area contributed by atoms with Gasteiger partial charge in [-0.05, 0) is 74.2 Å². The molecule has 0 spiro atoms. The van der Waals surface area contributed by atoms with Gasteiger partial charge in [-0.3, -0.25) is 4.98 Å². The van der Waals surface area contributed by atoms with Crippen molar-refractivity contribution >= 4 is 11.0 Å². The first-order valence-corrected chi connectivity index (χ1v) is 13.5. The highest BCUT2D eigenvalue weighted by Gasteiger charge is 2.40. The molecule has 41 heavy (non-hydrogen) atoms. The molecule has 10 nitrogen and oxygen atoms in total. The number of methoxy groups -OCH3 is 1. The summed E-state index contributed by atoms with van der Waals surface area (Å²) in [4.78, 5) is 13.0. The molecule has 1 aliphatic carbocycles. The van der Waals surface area contributed by atoms with Gasteiger partial charge in [0.05, 0.1) is 41.8 Å². The number of hydrazine groups is 1. The van der Waals surface area contributed by atoms with E-state index in [2.05, 4.69) is 15.1 Å². The number of nitrogens with two attached hydrogens (primary N) is 2. The van der Waals surface area contributed by atoms with E-state index in [1.807, 2.05) is 56.3 Å². The molecule has 0 bridgehead atoms. The van der Waals surface area contributed by atoms with Crippen molar-refractivity contribution in [3.63, 3.8) is 0 Å². The molecule has 6 rings (SSSR count). The predicted molar refractivity (Wildman–Crippen MR) is 155 cm³/mol. The first-order valence-electron chi connectivity index (χ1n) is 13.5. The number of benzene rings is 2. The van der Waals surface area contributed by atoms with E-state index in [1.54, 1.807) is 31.6 Å². The zero-order valence-corrected chi connectivity index (χ0v) is 23.3. The normalized spacial score (nSPS) is 15.2. The average Bonchev–Trinajstić information content (AvgIpc) is 3.65. The summed E-state index contributed by atoms with van der Waals surface area (Å²) >= 11 is 0. The van der Waals surface area contributed by atoms with Crippen LogP contribution in [0.15, 0.2) is 77.2 Å².